The first-order chi connectivity index (χ1) is 9.86. The Balaban J connectivity index is 2.21. The second-order valence-electron chi connectivity index (χ2n) is 8.15. The SMILES string of the molecule is CCCC1NC(CC(C)C)N(C2CCCCC2(C)C)C1=O. The molecule has 3 nitrogen and oxygen atoms in total. The van der Waals surface area contributed by atoms with Gasteiger partial charge in [-0.1, -0.05) is 53.9 Å². The molecule has 1 aliphatic carbocycles. The van der Waals surface area contributed by atoms with Crippen molar-refractivity contribution in [3.05, 3.63) is 0 Å². The first kappa shape index (κ1) is 16.8. The van der Waals surface area contributed by atoms with Crippen LogP contribution in [-0.2, 0) is 4.79 Å². The van der Waals surface area contributed by atoms with Gasteiger partial charge >= 0.3 is 0 Å². The van der Waals surface area contributed by atoms with Crippen LogP contribution in [-0.4, -0.2) is 29.1 Å². The van der Waals surface area contributed by atoms with Gasteiger partial charge in [0, 0.05) is 6.04 Å². The molecule has 0 aromatic rings. The summed E-state index contributed by atoms with van der Waals surface area (Å²) in [7, 11) is 0. The normalized spacial score (nSPS) is 33.0. The van der Waals surface area contributed by atoms with Crippen molar-refractivity contribution in [1.82, 2.24) is 10.2 Å². The Hall–Kier alpha value is -0.570. The van der Waals surface area contributed by atoms with Crippen molar-refractivity contribution in [2.75, 3.05) is 0 Å². The molecular formula is C18H34N2O. The van der Waals surface area contributed by atoms with E-state index in [4.69, 9.17) is 0 Å². The summed E-state index contributed by atoms with van der Waals surface area (Å²) >= 11 is 0. The Bertz CT molecular complexity index is 364. The highest BCUT2D eigenvalue weighted by Crippen LogP contribution is 2.41. The number of hydrogen-bond donors (Lipinski definition) is 1. The maximum Gasteiger partial charge on any atom is 0.241 e. The topological polar surface area (TPSA) is 32.3 Å². The fourth-order valence-corrected chi connectivity index (χ4v) is 4.20. The van der Waals surface area contributed by atoms with Gasteiger partial charge in [-0.15, -0.1) is 0 Å². The third-order valence-corrected chi connectivity index (χ3v) is 5.34. The lowest BCUT2D eigenvalue weighted by atomic mass is 9.72. The molecule has 1 amide bonds. The Morgan fingerprint density at radius 1 is 1.33 bits per heavy atom. The molecule has 2 aliphatic rings. The van der Waals surface area contributed by atoms with E-state index in [0.717, 1.165) is 19.3 Å². The van der Waals surface area contributed by atoms with Crippen molar-refractivity contribution in [1.29, 1.82) is 0 Å². The molecule has 3 atom stereocenters. The van der Waals surface area contributed by atoms with Crippen LogP contribution < -0.4 is 5.32 Å². The molecule has 122 valence electrons. The van der Waals surface area contributed by atoms with E-state index in [2.05, 4.69) is 44.8 Å². The molecular weight excluding hydrogens is 260 g/mol. The maximum atomic E-state index is 12.9. The summed E-state index contributed by atoms with van der Waals surface area (Å²) in [5.41, 5.74) is 0.256. The van der Waals surface area contributed by atoms with E-state index in [1.807, 2.05) is 0 Å². The predicted octanol–water partition coefficient (Wildman–Crippen LogP) is 3.93. The zero-order valence-electron chi connectivity index (χ0n) is 14.6. The van der Waals surface area contributed by atoms with Gasteiger partial charge in [-0.3, -0.25) is 10.1 Å². The van der Waals surface area contributed by atoms with Crippen molar-refractivity contribution in [2.45, 2.75) is 97.8 Å². The summed E-state index contributed by atoms with van der Waals surface area (Å²) in [4.78, 5) is 15.2. The maximum absolute atomic E-state index is 12.9. The fraction of sp³-hybridized carbons (Fsp3) is 0.944. The zero-order chi connectivity index (χ0) is 15.6. The van der Waals surface area contributed by atoms with Gasteiger partial charge < -0.3 is 4.90 Å². The van der Waals surface area contributed by atoms with Crippen LogP contribution in [0.3, 0.4) is 0 Å². The van der Waals surface area contributed by atoms with Gasteiger partial charge in [0.1, 0.15) is 0 Å². The predicted molar refractivity (Wildman–Crippen MR) is 88.0 cm³/mol. The molecule has 1 aliphatic heterocycles. The lowest BCUT2D eigenvalue weighted by molar-refractivity contribution is -0.136. The van der Waals surface area contributed by atoms with E-state index in [9.17, 15) is 4.79 Å². The summed E-state index contributed by atoms with van der Waals surface area (Å²) < 4.78 is 0. The van der Waals surface area contributed by atoms with Crippen LogP contribution in [0.1, 0.15) is 79.6 Å². The van der Waals surface area contributed by atoms with Crippen LogP contribution in [0.15, 0.2) is 0 Å². The zero-order valence-corrected chi connectivity index (χ0v) is 14.6. The smallest absolute Gasteiger partial charge is 0.241 e. The first-order valence-electron chi connectivity index (χ1n) is 8.95. The number of nitrogens with one attached hydrogen (secondary N) is 1. The second-order valence-corrected chi connectivity index (χ2v) is 8.15. The Morgan fingerprint density at radius 3 is 2.62 bits per heavy atom. The molecule has 0 radical (unpaired) electrons. The summed E-state index contributed by atoms with van der Waals surface area (Å²) in [6.07, 6.45) is 8.35. The van der Waals surface area contributed by atoms with Gasteiger partial charge in [-0.25, -0.2) is 0 Å². The quantitative estimate of drug-likeness (QED) is 0.833. The minimum absolute atomic E-state index is 0.0523. The van der Waals surface area contributed by atoms with Crippen molar-refractivity contribution in [3.63, 3.8) is 0 Å². The lowest BCUT2D eigenvalue weighted by Gasteiger charge is -2.46. The van der Waals surface area contributed by atoms with Crippen LogP contribution in [0, 0.1) is 11.3 Å². The molecule has 0 bridgehead atoms. The van der Waals surface area contributed by atoms with E-state index in [1.54, 1.807) is 0 Å². The largest absolute Gasteiger partial charge is 0.322 e. The van der Waals surface area contributed by atoms with E-state index in [-0.39, 0.29) is 17.6 Å². The number of carbonyl (C=O) groups is 1. The Labute approximate surface area is 130 Å². The molecule has 1 heterocycles. The number of hydrogen-bond acceptors (Lipinski definition) is 2. The molecule has 0 spiro atoms. The monoisotopic (exact) mass is 294 g/mol. The Kier molecular flexibility index (Phi) is 5.34. The number of carbonyl (C=O) groups excluding carboxylic acids is 1. The summed E-state index contributed by atoms with van der Waals surface area (Å²) in [5.74, 6) is 0.979. The van der Waals surface area contributed by atoms with Gasteiger partial charge in [0.2, 0.25) is 5.91 Å². The second kappa shape index (κ2) is 6.68. The molecule has 1 N–H and O–H groups in total. The van der Waals surface area contributed by atoms with Crippen molar-refractivity contribution >= 4 is 5.91 Å². The first-order valence-corrected chi connectivity index (χ1v) is 8.95. The van der Waals surface area contributed by atoms with Crippen molar-refractivity contribution in [3.8, 4) is 0 Å². The van der Waals surface area contributed by atoms with Gasteiger partial charge in [0.05, 0.1) is 12.2 Å². The van der Waals surface area contributed by atoms with E-state index >= 15 is 0 Å². The third kappa shape index (κ3) is 3.61. The summed E-state index contributed by atoms with van der Waals surface area (Å²) in [5, 5.41) is 3.63. The standard InChI is InChI=1S/C18H34N2O/c1-6-9-14-17(21)20(16(19-14)12-13(2)3)15-10-7-8-11-18(15,4)5/h13-16,19H,6-12H2,1-5H3. The number of amides is 1. The van der Waals surface area contributed by atoms with Crippen LogP contribution in [0.25, 0.3) is 0 Å². The highest BCUT2D eigenvalue weighted by Gasteiger charge is 2.47. The molecule has 1 saturated carbocycles. The molecule has 3 heteroatoms. The average Bonchev–Trinajstić information content (AvgIpc) is 2.66. The van der Waals surface area contributed by atoms with Crippen molar-refractivity contribution in [2.24, 2.45) is 11.3 Å². The number of nitrogens with zero attached hydrogens (tertiary/aromatic N) is 1. The third-order valence-electron chi connectivity index (χ3n) is 5.34. The van der Waals surface area contributed by atoms with Crippen LogP contribution in [0.2, 0.25) is 0 Å². The van der Waals surface area contributed by atoms with E-state index in [0.29, 0.717) is 17.9 Å². The van der Waals surface area contributed by atoms with Gasteiger partial charge in [0.15, 0.2) is 0 Å². The number of rotatable bonds is 5. The molecule has 1 saturated heterocycles. The Morgan fingerprint density at radius 2 is 2.05 bits per heavy atom. The lowest BCUT2D eigenvalue weighted by Crippen LogP contribution is -2.52. The van der Waals surface area contributed by atoms with E-state index in [1.165, 1.54) is 25.7 Å². The molecule has 0 aromatic carbocycles. The fourth-order valence-electron chi connectivity index (χ4n) is 4.20. The summed E-state index contributed by atoms with van der Waals surface area (Å²) in [6.45, 7) is 11.4. The molecule has 0 aromatic heterocycles. The molecule has 2 rings (SSSR count). The van der Waals surface area contributed by atoms with Gasteiger partial charge in [-0.2, -0.15) is 0 Å². The summed E-state index contributed by atoms with van der Waals surface area (Å²) in [6, 6.07) is 0.466. The van der Waals surface area contributed by atoms with E-state index < -0.39 is 0 Å². The minimum atomic E-state index is 0.0523. The van der Waals surface area contributed by atoms with Crippen LogP contribution in [0.5, 0.6) is 0 Å². The van der Waals surface area contributed by atoms with Crippen LogP contribution in [0.4, 0.5) is 0 Å². The minimum Gasteiger partial charge on any atom is -0.322 e. The molecule has 3 unspecified atom stereocenters. The molecule has 21 heavy (non-hydrogen) atoms. The van der Waals surface area contributed by atoms with Gasteiger partial charge in [0.25, 0.3) is 0 Å². The highest BCUT2D eigenvalue weighted by molar-refractivity contribution is 5.84. The molecule has 2 fully saturated rings. The average molecular weight is 294 g/mol. The van der Waals surface area contributed by atoms with Crippen molar-refractivity contribution < 1.29 is 4.79 Å². The van der Waals surface area contributed by atoms with Crippen LogP contribution >= 0.6 is 0 Å². The van der Waals surface area contributed by atoms with Gasteiger partial charge in [-0.05, 0) is 37.0 Å². The highest BCUT2D eigenvalue weighted by atomic mass is 16.2.